The first kappa shape index (κ1) is 18.1. The van der Waals surface area contributed by atoms with Crippen molar-refractivity contribution in [2.24, 2.45) is 0 Å². The highest BCUT2D eigenvalue weighted by atomic mass is 16.2. The van der Waals surface area contributed by atoms with Crippen LogP contribution in [0.3, 0.4) is 0 Å². The lowest BCUT2D eigenvalue weighted by Gasteiger charge is -2.41. The van der Waals surface area contributed by atoms with Crippen molar-refractivity contribution in [1.29, 1.82) is 0 Å². The Labute approximate surface area is 160 Å². The number of aromatic nitrogens is 3. The molecule has 144 valence electrons. The van der Waals surface area contributed by atoms with Crippen molar-refractivity contribution >= 4 is 5.91 Å². The van der Waals surface area contributed by atoms with E-state index in [1.807, 2.05) is 22.9 Å². The first-order valence-electron chi connectivity index (χ1n) is 9.82. The maximum Gasteiger partial charge on any atom is 0.236 e. The number of hydrogen-bond donors (Lipinski definition) is 1. The third-order valence-electron chi connectivity index (χ3n) is 5.74. The lowest BCUT2D eigenvalue weighted by atomic mass is 10.0. The molecule has 2 aromatic heterocycles. The van der Waals surface area contributed by atoms with Gasteiger partial charge in [0.05, 0.1) is 12.2 Å². The number of rotatable bonds is 4. The molecule has 4 heterocycles. The summed E-state index contributed by atoms with van der Waals surface area (Å²) in [5.74, 6) is 1.09. The number of piperazine rings is 1. The van der Waals surface area contributed by atoms with Crippen LogP contribution in [-0.4, -0.2) is 69.2 Å². The molecule has 0 aliphatic carbocycles. The molecule has 1 N–H and O–H groups in total. The molecule has 27 heavy (non-hydrogen) atoms. The van der Waals surface area contributed by atoms with Crippen LogP contribution in [0, 0.1) is 13.8 Å². The van der Waals surface area contributed by atoms with Gasteiger partial charge in [-0.25, -0.2) is 9.67 Å². The standard InChI is InChI=1S/C20H28N6O/c1-15-18(16(2)26(23-15)19-7-3-4-8-22-19)14-24-10-5-6-17(13-24)25-11-9-21-12-20(25)27/h3-4,7-8,17,21H,5-6,9-14H2,1-2H3. The van der Waals surface area contributed by atoms with Gasteiger partial charge in [0.1, 0.15) is 0 Å². The fraction of sp³-hybridized carbons (Fsp3) is 0.550. The lowest BCUT2D eigenvalue weighted by Crippen LogP contribution is -2.56. The monoisotopic (exact) mass is 368 g/mol. The molecule has 2 aromatic rings. The van der Waals surface area contributed by atoms with Gasteiger partial charge in [-0.1, -0.05) is 6.07 Å². The molecule has 0 radical (unpaired) electrons. The topological polar surface area (TPSA) is 66.3 Å². The van der Waals surface area contributed by atoms with Crippen molar-refractivity contribution in [2.45, 2.75) is 39.3 Å². The van der Waals surface area contributed by atoms with E-state index in [1.165, 1.54) is 5.56 Å². The van der Waals surface area contributed by atoms with E-state index >= 15 is 0 Å². The molecule has 1 atom stereocenters. The molecule has 0 spiro atoms. The van der Waals surface area contributed by atoms with Gasteiger partial charge in [-0.3, -0.25) is 9.69 Å². The van der Waals surface area contributed by atoms with Crippen molar-refractivity contribution in [3.63, 3.8) is 0 Å². The normalized spacial score (nSPS) is 21.6. The maximum absolute atomic E-state index is 12.3. The average molecular weight is 368 g/mol. The predicted octanol–water partition coefficient (Wildman–Crippen LogP) is 1.28. The van der Waals surface area contributed by atoms with E-state index in [0.29, 0.717) is 12.6 Å². The van der Waals surface area contributed by atoms with Crippen molar-refractivity contribution in [2.75, 3.05) is 32.7 Å². The second-order valence-corrected chi connectivity index (χ2v) is 7.54. The Morgan fingerprint density at radius 2 is 2.15 bits per heavy atom. The van der Waals surface area contributed by atoms with Crippen molar-refractivity contribution in [3.8, 4) is 5.82 Å². The van der Waals surface area contributed by atoms with Crippen LogP contribution in [0.5, 0.6) is 0 Å². The summed E-state index contributed by atoms with van der Waals surface area (Å²) in [6.45, 7) is 9.29. The van der Waals surface area contributed by atoms with Crippen molar-refractivity contribution in [3.05, 3.63) is 41.3 Å². The number of hydrogen-bond acceptors (Lipinski definition) is 5. The van der Waals surface area contributed by atoms with Crippen LogP contribution in [-0.2, 0) is 11.3 Å². The molecular formula is C20H28N6O. The summed E-state index contributed by atoms with van der Waals surface area (Å²) in [5.41, 5.74) is 3.47. The minimum absolute atomic E-state index is 0.239. The summed E-state index contributed by atoms with van der Waals surface area (Å²) in [6.07, 6.45) is 4.03. The molecule has 2 aliphatic rings. The van der Waals surface area contributed by atoms with E-state index in [1.54, 1.807) is 6.20 Å². The molecular weight excluding hydrogens is 340 g/mol. The molecule has 2 aliphatic heterocycles. The van der Waals surface area contributed by atoms with Gasteiger partial charge < -0.3 is 10.2 Å². The van der Waals surface area contributed by atoms with Gasteiger partial charge in [-0.2, -0.15) is 5.10 Å². The zero-order chi connectivity index (χ0) is 18.8. The zero-order valence-electron chi connectivity index (χ0n) is 16.2. The Bertz CT molecular complexity index is 802. The van der Waals surface area contributed by atoms with Gasteiger partial charge in [-0.05, 0) is 45.4 Å². The number of carbonyl (C=O) groups excluding carboxylic acids is 1. The molecule has 2 saturated heterocycles. The molecule has 7 heteroatoms. The van der Waals surface area contributed by atoms with Gasteiger partial charge >= 0.3 is 0 Å². The number of carbonyl (C=O) groups is 1. The molecule has 2 fully saturated rings. The van der Waals surface area contributed by atoms with E-state index in [2.05, 4.69) is 33.9 Å². The second-order valence-electron chi connectivity index (χ2n) is 7.54. The predicted molar refractivity (Wildman–Crippen MR) is 104 cm³/mol. The number of nitrogens with zero attached hydrogens (tertiary/aromatic N) is 5. The molecule has 0 saturated carbocycles. The van der Waals surface area contributed by atoms with Crippen LogP contribution in [0.15, 0.2) is 24.4 Å². The van der Waals surface area contributed by atoms with Gasteiger partial charge in [0.25, 0.3) is 0 Å². The lowest BCUT2D eigenvalue weighted by molar-refractivity contribution is -0.135. The highest BCUT2D eigenvalue weighted by Crippen LogP contribution is 2.23. The van der Waals surface area contributed by atoms with Crippen LogP contribution < -0.4 is 5.32 Å². The number of nitrogens with one attached hydrogen (secondary N) is 1. The Morgan fingerprint density at radius 1 is 1.26 bits per heavy atom. The van der Waals surface area contributed by atoms with E-state index < -0.39 is 0 Å². The summed E-state index contributed by atoms with van der Waals surface area (Å²) in [5, 5.41) is 7.89. The van der Waals surface area contributed by atoms with Crippen LogP contribution in [0.25, 0.3) is 5.82 Å². The third kappa shape index (κ3) is 3.75. The molecule has 0 bridgehead atoms. The van der Waals surface area contributed by atoms with Crippen LogP contribution in [0.4, 0.5) is 0 Å². The molecule has 0 aromatic carbocycles. The highest BCUT2D eigenvalue weighted by Gasteiger charge is 2.30. The Morgan fingerprint density at radius 3 is 2.93 bits per heavy atom. The number of amides is 1. The fourth-order valence-corrected chi connectivity index (χ4v) is 4.27. The minimum Gasteiger partial charge on any atom is -0.336 e. The molecule has 1 unspecified atom stereocenters. The van der Waals surface area contributed by atoms with Gasteiger partial charge in [0, 0.05) is 49.7 Å². The fourth-order valence-electron chi connectivity index (χ4n) is 4.27. The van der Waals surface area contributed by atoms with Gasteiger partial charge in [0.2, 0.25) is 5.91 Å². The minimum atomic E-state index is 0.239. The summed E-state index contributed by atoms with van der Waals surface area (Å²) >= 11 is 0. The number of aryl methyl sites for hydroxylation is 1. The number of likely N-dealkylation sites (tertiary alicyclic amines) is 1. The maximum atomic E-state index is 12.3. The van der Waals surface area contributed by atoms with Gasteiger partial charge in [-0.15, -0.1) is 0 Å². The third-order valence-corrected chi connectivity index (χ3v) is 5.74. The smallest absolute Gasteiger partial charge is 0.236 e. The average Bonchev–Trinajstić information content (AvgIpc) is 2.97. The summed E-state index contributed by atoms with van der Waals surface area (Å²) < 4.78 is 1.94. The van der Waals surface area contributed by atoms with E-state index in [-0.39, 0.29) is 5.91 Å². The van der Waals surface area contributed by atoms with Gasteiger partial charge in [0.15, 0.2) is 5.82 Å². The second kappa shape index (κ2) is 7.78. The van der Waals surface area contributed by atoms with Crippen LogP contribution in [0.1, 0.15) is 29.8 Å². The van der Waals surface area contributed by atoms with E-state index in [9.17, 15) is 4.79 Å². The Kier molecular flexibility index (Phi) is 5.22. The van der Waals surface area contributed by atoms with Crippen LogP contribution >= 0.6 is 0 Å². The van der Waals surface area contributed by atoms with Crippen molar-refractivity contribution < 1.29 is 4.79 Å². The SMILES string of the molecule is Cc1nn(-c2ccccn2)c(C)c1CN1CCCC(N2CCNCC2=O)C1. The highest BCUT2D eigenvalue weighted by molar-refractivity contribution is 5.79. The summed E-state index contributed by atoms with van der Waals surface area (Å²) in [7, 11) is 0. The largest absolute Gasteiger partial charge is 0.336 e. The van der Waals surface area contributed by atoms with Crippen molar-refractivity contribution in [1.82, 2.24) is 29.9 Å². The van der Waals surface area contributed by atoms with E-state index in [4.69, 9.17) is 5.10 Å². The molecule has 7 nitrogen and oxygen atoms in total. The van der Waals surface area contributed by atoms with E-state index in [0.717, 1.165) is 62.8 Å². The summed E-state index contributed by atoms with van der Waals surface area (Å²) in [6, 6.07) is 6.22. The Hall–Kier alpha value is -2.25. The quantitative estimate of drug-likeness (QED) is 0.881. The summed E-state index contributed by atoms with van der Waals surface area (Å²) in [4.78, 5) is 21.2. The number of piperidine rings is 1. The first-order chi connectivity index (χ1) is 13.1. The molecule has 4 rings (SSSR count). The first-order valence-corrected chi connectivity index (χ1v) is 9.82. The molecule has 1 amide bonds. The number of pyridine rings is 1. The van der Waals surface area contributed by atoms with Crippen LogP contribution in [0.2, 0.25) is 0 Å². The zero-order valence-corrected chi connectivity index (χ0v) is 16.2. The Balaban J connectivity index is 1.49.